The van der Waals surface area contributed by atoms with Crippen LogP contribution in [0.3, 0.4) is 0 Å². The van der Waals surface area contributed by atoms with E-state index in [1.165, 1.54) is 35.8 Å². The molecule has 28 heavy (non-hydrogen) atoms. The highest BCUT2D eigenvalue weighted by molar-refractivity contribution is 8.00. The van der Waals surface area contributed by atoms with E-state index in [2.05, 4.69) is 32.1 Å². The van der Waals surface area contributed by atoms with Crippen molar-refractivity contribution in [3.8, 4) is 0 Å². The van der Waals surface area contributed by atoms with Crippen LogP contribution in [0.4, 0.5) is 15.2 Å². The standard InChI is InChI=1S/C20H20ClFN4S2/c21-15-11-19(28-25-20-23-7-10-27-20)16(22)12-17(15)24-18(13-26-8-4-9-26)14-5-2-1-3-6-14/h1-3,5-7,10-12,18,24H,4,8-9,13H2,(H,23,25). The molecule has 3 aromatic rings. The third-order valence-electron chi connectivity index (χ3n) is 4.62. The zero-order valence-electron chi connectivity index (χ0n) is 15.1. The van der Waals surface area contributed by atoms with Crippen molar-refractivity contribution in [2.24, 2.45) is 0 Å². The fourth-order valence-corrected chi connectivity index (χ4v) is 4.58. The molecule has 1 saturated heterocycles. The van der Waals surface area contributed by atoms with E-state index in [9.17, 15) is 4.39 Å². The van der Waals surface area contributed by atoms with Crippen molar-refractivity contribution >= 4 is 45.7 Å². The molecule has 1 unspecified atom stereocenters. The third kappa shape index (κ3) is 4.78. The molecule has 4 nitrogen and oxygen atoms in total. The molecule has 0 aliphatic carbocycles. The molecule has 0 bridgehead atoms. The number of anilines is 2. The molecule has 8 heteroatoms. The minimum atomic E-state index is -0.322. The van der Waals surface area contributed by atoms with Crippen molar-refractivity contribution in [3.05, 3.63) is 70.4 Å². The van der Waals surface area contributed by atoms with Crippen LogP contribution in [0.1, 0.15) is 18.0 Å². The lowest BCUT2D eigenvalue weighted by molar-refractivity contribution is 0.174. The van der Waals surface area contributed by atoms with Gasteiger partial charge in [0, 0.05) is 18.1 Å². The molecule has 0 spiro atoms. The minimum Gasteiger partial charge on any atom is -0.376 e. The predicted octanol–water partition coefficient (Wildman–Crippen LogP) is 5.91. The molecule has 146 valence electrons. The molecule has 4 rings (SSSR count). The SMILES string of the molecule is Fc1cc(NC(CN2CCC2)c2ccccc2)c(Cl)cc1SNc1nccs1. The van der Waals surface area contributed by atoms with Gasteiger partial charge in [-0.05, 0) is 49.2 Å². The highest BCUT2D eigenvalue weighted by atomic mass is 35.5. The van der Waals surface area contributed by atoms with Crippen LogP contribution in [0.5, 0.6) is 0 Å². The molecule has 1 fully saturated rings. The van der Waals surface area contributed by atoms with Crippen LogP contribution in [0, 0.1) is 5.82 Å². The van der Waals surface area contributed by atoms with Gasteiger partial charge in [-0.2, -0.15) is 0 Å². The van der Waals surface area contributed by atoms with Crippen LogP contribution < -0.4 is 10.0 Å². The predicted molar refractivity (Wildman–Crippen MR) is 117 cm³/mol. The first-order valence-electron chi connectivity index (χ1n) is 9.04. The first kappa shape index (κ1) is 19.5. The van der Waals surface area contributed by atoms with Crippen molar-refractivity contribution in [3.63, 3.8) is 0 Å². The number of rotatable bonds is 8. The minimum absolute atomic E-state index is 0.0466. The molecule has 0 amide bonds. The van der Waals surface area contributed by atoms with Gasteiger partial charge in [0.05, 0.1) is 21.6 Å². The number of benzene rings is 2. The topological polar surface area (TPSA) is 40.2 Å². The second-order valence-corrected chi connectivity index (χ2v) is 8.72. The lowest BCUT2D eigenvalue weighted by Gasteiger charge is -2.35. The number of hydrogen-bond acceptors (Lipinski definition) is 6. The van der Waals surface area contributed by atoms with E-state index in [1.807, 2.05) is 23.6 Å². The number of hydrogen-bond donors (Lipinski definition) is 2. The van der Waals surface area contributed by atoms with Gasteiger partial charge in [-0.3, -0.25) is 0 Å². The number of likely N-dealkylation sites (tertiary alicyclic amines) is 1. The van der Waals surface area contributed by atoms with E-state index < -0.39 is 0 Å². The fraction of sp³-hybridized carbons (Fsp3) is 0.250. The van der Waals surface area contributed by atoms with Crippen LogP contribution >= 0.6 is 34.9 Å². The number of nitrogens with one attached hydrogen (secondary N) is 2. The molecule has 2 aromatic carbocycles. The highest BCUT2D eigenvalue weighted by Crippen LogP contribution is 2.34. The van der Waals surface area contributed by atoms with Crippen LogP contribution in [0.15, 0.2) is 58.9 Å². The van der Waals surface area contributed by atoms with Crippen molar-refractivity contribution in [2.45, 2.75) is 17.4 Å². The normalized spacial score (nSPS) is 15.1. The van der Waals surface area contributed by atoms with Crippen LogP contribution in [0.25, 0.3) is 0 Å². The van der Waals surface area contributed by atoms with Crippen LogP contribution in [-0.2, 0) is 0 Å². The Kier molecular flexibility index (Phi) is 6.36. The molecular formula is C20H20ClFN4S2. The summed E-state index contributed by atoms with van der Waals surface area (Å²) in [6.45, 7) is 3.07. The quantitative estimate of drug-likeness (QED) is 0.431. The van der Waals surface area contributed by atoms with Crippen molar-refractivity contribution in [2.75, 3.05) is 29.7 Å². The average molecular weight is 435 g/mol. The van der Waals surface area contributed by atoms with Crippen LogP contribution in [0.2, 0.25) is 5.02 Å². The number of thiazole rings is 1. The van der Waals surface area contributed by atoms with Gasteiger partial charge in [-0.1, -0.05) is 41.9 Å². The maximum Gasteiger partial charge on any atom is 0.192 e. The Morgan fingerprint density at radius 1 is 1.25 bits per heavy atom. The smallest absolute Gasteiger partial charge is 0.192 e. The Morgan fingerprint density at radius 2 is 2.07 bits per heavy atom. The Balaban J connectivity index is 1.50. The molecule has 1 aliphatic heterocycles. The molecule has 2 N–H and O–H groups in total. The monoisotopic (exact) mass is 434 g/mol. The van der Waals surface area contributed by atoms with Gasteiger partial charge < -0.3 is 14.9 Å². The Hall–Kier alpha value is -1.80. The summed E-state index contributed by atoms with van der Waals surface area (Å²) in [6, 6.07) is 13.4. The molecular weight excluding hydrogens is 415 g/mol. The number of halogens is 2. The van der Waals surface area contributed by atoms with Gasteiger partial charge in [-0.15, -0.1) is 11.3 Å². The second kappa shape index (κ2) is 9.13. The highest BCUT2D eigenvalue weighted by Gasteiger charge is 2.21. The van der Waals surface area contributed by atoms with E-state index in [1.54, 1.807) is 12.3 Å². The summed E-state index contributed by atoms with van der Waals surface area (Å²) in [5.41, 5.74) is 1.77. The summed E-state index contributed by atoms with van der Waals surface area (Å²) in [4.78, 5) is 6.95. The van der Waals surface area contributed by atoms with Gasteiger partial charge in [0.2, 0.25) is 0 Å². The van der Waals surface area contributed by atoms with Crippen molar-refractivity contribution in [1.82, 2.24) is 9.88 Å². The summed E-state index contributed by atoms with van der Waals surface area (Å²) in [7, 11) is 0. The third-order valence-corrected chi connectivity index (χ3v) is 6.58. The van der Waals surface area contributed by atoms with Gasteiger partial charge in [0.15, 0.2) is 5.13 Å². The molecule has 1 aromatic heterocycles. The number of aromatic nitrogens is 1. The average Bonchev–Trinajstić information content (AvgIpc) is 3.19. The zero-order chi connectivity index (χ0) is 19.3. The summed E-state index contributed by atoms with van der Waals surface area (Å²) >= 11 is 9.11. The van der Waals surface area contributed by atoms with E-state index in [0.717, 1.165) is 30.3 Å². The number of nitrogens with zero attached hydrogens (tertiary/aromatic N) is 2. The lowest BCUT2D eigenvalue weighted by atomic mass is 10.0. The first-order chi connectivity index (χ1) is 13.7. The van der Waals surface area contributed by atoms with E-state index in [0.29, 0.717) is 15.6 Å². The van der Waals surface area contributed by atoms with Crippen molar-refractivity contribution < 1.29 is 4.39 Å². The lowest BCUT2D eigenvalue weighted by Crippen LogP contribution is -2.41. The first-order valence-corrected chi connectivity index (χ1v) is 11.1. The molecule has 1 atom stereocenters. The Labute approximate surface area is 177 Å². The van der Waals surface area contributed by atoms with Gasteiger partial charge in [0.1, 0.15) is 5.82 Å². The summed E-state index contributed by atoms with van der Waals surface area (Å²) in [6.07, 6.45) is 2.93. The molecule has 0 radical (unpaired) electrons. The maximum atomic E-state index is 14.7. The molecule has 0 saturated carbocycles. The van der Waals surface area contributed by atoms with Gasteiger partial charge in [-0.25, -0.2) is 9.37 Å². The second-order valence-electron chi connectivity index (χ2n) is 6.57. The van der Waals surface area contributed by atoms with E-state index in [-0.39, 0.29) is 11.9 Å². The summed E-state index contributed by atoms with van der Waals surface area (Å²) in [5.74, 6) is -0.322. The largest absolute Gasteiger partial charge is 0.376 e. The Morgan fingerprint density at radius 3 is 2.75 bits per heavy atom. The summed E-state index contributed by atoms with van der Waals surface area (Å²) < 4.78 is 17.7. The van der Waals surface area contributed by atoms with E-state index >= 15 is 0 Å². The summed E-state index contributed by atoms with van der Waals surface area (Å²) in [5, 5.41) is 6.53. The van der Waals surface area contributed by atoms with Gasteiger partial charge in [0.25, 0.3) is 0 Å². The zero-order valence-corrected chi connectivity index (χ0v) is 17.5. The molecule has 1 aliphatic rings. The van der Waals surface area contributed by atoms with Gasteiger partial charge >= 0.3 is 0 Å². The van der Waals surface area contributed by atoms with Crippen molar-refractivity contribution in [1.29, 1.82) is 0 Å². The van der Waals surface area contributed by atoms with E-state index in [4.69, 9.17) is 11.6 Å². The molecule has 2 heterocycles. The Bertz CT molecular complexity index is 904. The maximum absolute atomic E-state index is 14.7. The fourth-order valence-electron chi connectivity index (χ4n) is 3.02. The van der Waals surface area contributed by atoms with Crippen LogP contribution in [-0.4, -0.2) is 29.5 Å².